The molecule has 1 aromatic rings. The molecule has 0 saturated carbocycles. The molecule has 1 aromatic heterocycles. The molecule has 5 nitrogen and oxygen atoms in total. The average molecular weight is 271 g/mol. The monoisotopic (exact) mass is 270 g/mol. The molecule has 2 heterocycles. The highest BCUT2D eigenvalue weighted by atomic mass is 35.5. The zero-order chi connectivity index (χ0) is 13.1. The van der Waals surface area contributed by atoms with Gasteiger partial charge in [-0.15, -0.1) is 0 Å². The summed E-state index contributed by atoms with van der Waals surface area (Å²) in [5, 5.41) is 12.4. The zero-order valence-electron chi connectivity index (χ0n) is 10.0. The van der Waals surface area contributed by atoms with Crippen LogP contribution >= 0.6 is 11.6 Å². The summed E-state index contributed by atoms with van der Waals surface area (Å²) in [4.78, 5) is 15.1. The Bertz CT molecular complexity index is 447. The first kappa shape index (κ1) is 13.1. The van der Waals surface area contributed by atoms with E-state index in [1.165, 1.54) is 12.1 Å². The molecule has 1 aliphatic rings. The standard InChI is InChI=1S/C12H15ClN2O3/c1-7(9-3-2-6-18-9)14-11-8(12(16)17)4-5-10(13)15-11/h4-5,7,9H,2-3,6H2,1H3,(H,14,15)(H,16,17). The first-order valence-electron chi connectivity index (χ1n) is 5.86. The largest absolute Gasteiger partial charge is 0.478 e. The summed E-state index contributed by atoms with van der Waals surface area (Å²) < 4.78 is 5.55. The molecule has 1 saturated heterocycles. The van der Waals surface area contributed by atoms with Crippen molar-refractivity contribution in [2.45, 2.75) is 31.9 Å². The Labute approximate surface area is 110 Å². The molecular formula is C12H15ClN2O3. The molecule has 2 unspecified atom stereocenters. The van der Waals surface area contributed by atoms with E-state index in [9.17, 15) is 4.79 Å². The Balaban J connectivity index is 2.16. The second-order valence-electron chi connectivity index (χ2n) is 4.32. The fourth-order valence-corrected chi connectivity index (χ4v) is 2.17. The molecule has 0 bridgehead atoms. The number of hydrogen-bond acceptors (Lipinski definition) is 4. The number of halogens is 1. The lowest BCUT2D eigenvalue weighted by Crippen LogP contribution is -2.31. The van der Waals surface area contributed by atoms with Gasteiger partial charge in [-0.3, -0.25) is 0 Å². The molecule has 2 N–H and O–H groups in total. The minimum absolute atomic E-state index is 0.00318. The smallest absolute Gasteiger partial charge is 0.339 e. The van der Waals surface area contributed by atoms with Crippen LogP contribution in [0.2, 0.25) is 5.15 Å². The van der Waals surface area contributed by atoms with Crippen LogP contribution < -0.4 is 5.32 Å². The number of nitrogens with one attached hydrogen (secondary N) is 1. The lowest BCUT2D eigenvalue weighted by atomic mass is 10.1. The van der Waals surface area contributed by atoms with Crippen molar-refractivity contribution >= 4 is 23.4 Å². The SMILES string of the molecule is CC(Nc1nc(Cl)ccc1C(=O)O)C1CCCO1. The van der Waals surface area contributed by atoms with Crippen LogP contribution in [0.3, 0.4) is 0 Å². The summed E-state index contributed by atoms with van der Waals surface area (Å²) in [6.07, 6.45) is 2.09. The Morgan fingerprint density at radius 3 is 3.06 bits per heavy atom. The van der Waals surface area contributed by atoms with E-state index in [1.807, 2.05) is 6.92 Å². The van der Waals surface area contributed by atoms with Gasteiger partial charge in [0.15, 0.2) is 0 Å². The third kappa shape index (κ3) is 2.91. The van der Waals surface area contributed by atoms with Gasteiger partial charge in [0, 0.05) is 6.61 Å². The van der Waals surface area contributed by atoms with Crippen LogP contribution in [-0.4, -0.2) is 34.8 Å². The van der Waals surface area contributed by atoms with Crippen LogP contribution in [0.5, 0.6) is 0 Å². The van der Waals surface area contributed by atoms with Gasteiger partial charge in [0.2, 0.25) is 0 Å². The molecule has 0 amide bonds. The Hall–Kier alpha value is -1.33. The quantitative estimate of drug-likeness (QED) is 0.822. The van der Waals surface area contributed by atoms with Gasteiger partial charge >= 0.3 is 5.97 Å². The van der Waals surface area contributed by atoms with Crippen molar-refractivity contribution in [2.24, 2.45) is 0 Å². The predicted molar refractivity (Wildman–Crippen MR) is 68.3 cm³/mol. The molecule has 0 spiro atoms. The third-order valence-electron chi connectivity index (χ3n) is 2.98. The van der Waals surface area contributed by atoms with Gasteiger partial charge in [-0.2, -0.15) is 0 Å². The summed E-state index contributed by atoms with van der Waals surface area (Å²) in [6.45, 7) is 2.70. The van der Waals surface area contributed by atoms with E-state index in [2.05, 4.69) is 10.3 Å². The number of carboxylic acids is 1. The molecule has 1 fully saturated rings. The summed E-state index contributed by atoms with van der Waals surface area (Å²) in [6, 6.07) is 2.91. The number of hydrogen-bond donors (Lipinski definition) is 2. The topological polar surface area (TPSA) is 71.5 Å². The maximum atomic E-state index is 11.1. The number of aromatic carboxylic acids is 1. The number of ether oxygens (including phenoxy) is 1. The van der Waals surface area contributed by atoms with E-state index in [0.717, 1.165) is 19.4 Å². The van der Waals surface area contributed by atoms with Crippen LogP contribution in [0, 0.1) is 0 Å². The van der Waals surface area contributed by atoms with Gasteiger partial charge in [-0.25, -0.2) is 9.78 Å². The number of rotatable bonds is 4. The number of aromatic nitrogens is 1. The molecule has 2 rings (SSSR count). The van der Waals surface area contributed by atoms with Gasteiger partial charge in [-0.05, 0) is 31.9 Å². The van der Waals surface area contributed by atoms with E-state index in [1.54, 1.807) is 0 Å². The Morgan fingerprint density at radius 2 is 2.44 bits per heavy atom. The van der Waals surface area contributed by atoms with Crippen LogP contribution in [0.15, 0.2) is 12.1 Å². The highest BCUT2D eigenvalue weighted by Gasteiger charge is 2.24. The van der Waals surface area contributed by atoms with Gasteiger partial charge in [0.05, 0.1) is 12.1 Å². The first-order valence-corrected chi connectivity index (χ1v) is 6.23. The van der Waals surface area contributed by atoms with Crippen LogP contribution in [0.25, 0.3) is 0 Å². The average Bonchev–Trinajstić information content (AvgIpc) is 2.81. The van der Waals surface area contributed by atoms with Crippen molar-refractivity contribution in [3.8, 4) is 0 Å². The summed E-state index contributed by atoms with van der Waals surface area (Å²) in [7, 11) is 0. The minimum Gasteiger partial charge on any atom is -0.478 e. The normalized spacial score (nSPS) is 20.7. The van der Waals surface area contributed by atoms with E-state index in [4.69, 9.17) is 21.4 Å². The Morgan fingerprint density at radius 1 is 1.67 bits per heavy atom. The van der Waals surface area contributed by atoms with E-state index < -0.39 is 5.97 Å². The molecule has 0 radical (unpaired) electrons. The van der Waals surface area contributed by atoms with Crippen LogP contribution in [-0.2, 0) is 4.74 Å². The molecule has 1 aliphatic heterocycles. The maximum Gasteiger partial charge on any atom is 0.339 e. The van der Waals surface area contributed by atoms with Gasteiger partial charge < -0.3 is 15.2 Å². The van der Waals surface area contributed by atoms with Crippen LogP contribution in [0.4, 0.5) is 5.82 Å². The molecule has 0 aliphatic carbocycles. The van der Waals surface area contributed by atoms with E-state index in [0.29, 0.717) is 0 Å². The number of anilines is 1. The fourth-order valence-electron chi connectivity index (χ4n) is 2.02. The third-order valence-corrected chi connectivity index (χ3v) is 3.19. The summed E-state index contributed by atoms with van der Waals surface area (Å²) in [5.41, 5.74) is 0.115. The lowest BCUT2D eigenvalue weighted by molar-refractivity contribution is 0.0696. The van der Waals surface area contributed by atoms with Crippen molar-refractivity contribution in [2.75, 3.05) is 11.9 Å². The van der Waals surface area contributed by atoms with Crippen molar-refractivity contribution in [3.05, 3.63) is 22.8 Å². The molecule has 18 heavy (non-hydrogen) atoms. The van der Waals surface area contributed by atoms with Crippen molar-refractivity contribution in [1.29, 1.82) is 0 Å². The highest BCUT2D eigenvalue weighted by Crippen LogP contribution is 2.22. The van der Waals surface area contributed by atoms with E-state index in [-0.39, 0.29) is 28.7 Å². The van der Waals surface area contributed by atoms with Crippen molar-refractivity contribution in [1.82, 2.24) is 4.98 Å². The van der Waals surface area contributed by atoms with Gasteiger partial charge in [0.25, 0.3) is 0 Å². The number of pyridine rings is 1. The maximum absolute atomic E-state index is 11.1. The summed E-state index contributed by atoms with van der Waals surface area (Å²) >= 11 is 5.79. The number of carboxylic acid groups (broad SMARTS) is 1. The Kier molecular flexibility index (Phi) is 4.04. The lowest BCUT2D eigenvalue weighted by Gasteiger charge is -2.21. The summed E-state index contributed by atoms with van der Waals surface area (Å²) in [5.74, 6) is -0.737. The predicted octanol–water partition coefficient (Wildman–Crippen LogP) is 2.41. The number of nitrogens with zero attached hydrogens (tertiary/aromatic N) is 1. The first-order chi connectivity index (χ1) is 8.58. The molecular weight excluding hydrogens is 256 g/mol. The van der Waals surface area contributed by atoms with Gasteiger partial charge in [-0.1, -0.05) is 11.6 Å². The van der Waals surface area contributed by atoms with Gasteiger partial charge in [0.1, 0.15) is 16.5 Å². The fraction of sp³-hybridized carbons (Fsp3) is 0.500. The van der Waals surface area contributed by atoms with Crippen molar-refractivity contribution in [3.63, 3.8) is 0 Å². The molecule has 6 heteroatoms. The van der Waals surface area contributed by atoms with Crippen LogP contribution in [0.1, 0.15) is 30.1 Å². The number of carbonyl (C=O) groups is 1. The minimum atomic E-state index is -1.03. The molecule has 98 valence electrons. The van der Waals surface area contributed by atoms with E-state index >= 15 is 0 Å². The second kappa shape index (κ2) is 5.54. The molecule has 2 atom stereocenters. The second-order valence-corrected chi connectivity index (χ2v) is 4.71. The zero-order valence-corrected chi connectivity index (χ0v) is 10.8. The van der Waals surface area contributed by atoms with Crippen molar-refractivity contribution < 1.29 is 14.6 Å². The highest BCUT2D eigenvalue weighted by molar-refractivity contribution is 6.29. The molecule has 0 aromatic carbocycles.